The van der Waals surface area contributed by atoms with Gasteiger partial charge in [0.1, 0.15) is 17.2 Å². The summed E-state index contributed by atoms with van der Waals surface area (Å²) in [7, 11) is 0. The zero-order chi connectivity index (χ0) is 32.2. The topological polar surface area (TPSA) is 97.4 Å². The van der Waals surface area contributed by atoms with Crippen molar-refractivity contribution in [3.05, 3.63) is 58.7 Å². The number of hydrogen-bond acceptors (Lipinski definition) is 8. The maximum atomic E-state index is 13.2. The van der Waals surface area contributed by atoms with Crippen LogP contribution in [0.1, 0.15) is 102 Å². The summed E-state index contributed by atoms with van der Waals surface area (Å²) in [6, 6.07) is 8.69. The predicted molar refractivity (Wildman–Crippen MR) is 167 cm³/mol. The van der Waals surface area contributed by atoms with Crippen molar-refractivity contribution in [1.82, 2.24) is 0 Å². The fraction of sp³-hybridized carbons (Fsp3) is 0.514. The molecular weight excluding hydrogens is 548 g/mol. The number of ketones is 1. The molecule has 0 aromatic heterocycles. The number of ether oxygens (including phenoxy) is 5. The van der Waals surface area contributed by atoms with Crippen LogP contribution in [0.15, 0.2) is 36.4 Å². The Morgan fingerprint density at radius 3 is 1.65 bits per heavy atom. The third-order valence-corrected chi connectivity index (χ3v) is 6.32. The number of benzene rings is 2. The van der Waals surface area contributed by atoms with E-state index in [0.29, 0.717) is 35.0 Å². The molecule has 0 spiro atoms. The van der Waals surface area contributed by atoms with Gasteiger partial charge in [-0.3, -0.25) is 14.4 Å². The van der Waals surface area contributed by atoms with Crippen LogP contribution in [-0.4, -0.2) is 37.9 Å². The normalized spacial score (nSPS) is 11.7. The van der Waals surface area contributed by atoms with Gasteiger partial charge in [-0.1, -0.05) is 26.7 Å². The number of rotatable bonds is 15. The molecule has 0 heterocycles. The van der Waals surface area contributed by atoms with Crippen LogP contribution in [0.2, 0.25) is 0 Å². The molecule has 0 atom stereocenters. The van der Waals surface area contributed by atoms with Crippen molar-refractivity contribution < 1.29 is 38.1 Å². The molecular formula is C35H48O8. The first kappa shape index (κ1) is 35.4. The zero-order valence-corrected chi connectivity index (χ0v) is 27.3. The van der Waals surface area contributed by atoms with Crippen LogP contribution in [0.25, 0.3) is 6.08 Å². The average Bonchev–Trinajstić information content (AvgIpc) is 2.93. The SMILES string of the molecule is CCCc1cc(CCC)c(OCOC(=O)C(C)(C)C)c(/C=C/C(=O)c2ccc(OCOC(=O)C(C)(C)C)cc2)c1OCC. The molecule has 0 amide bonds. The predicted octanol–water partition coefficient (Wildman–Crippen LogP) is 7.74. The summed E-state index contributed by atoms with van der Waals surface area (Å²) in [5.41, 5.74) is 1.80. The number of esters is 2. The van der Waals surface area contributed by atoms with Crippen molar-refractivity contribution >= 4 is 23.8 Å². The van der Waals surface area contributed by atoms with Crippen molar-refractivity contribution in [2.45, 2.75) is 88.0 Å². The Balaban J connectivity index is 2.37. The minimum absolute atomic E-state index is 0.217. The third-order valence-electron chi connectivity index (χ3n) is 6.32. The summed E-state index contributed by atoms with van der Waals surface area (Å²) in [6.45, 7) is 16.7. The van der Waals surface area contributed by atoms with E-state index in [2.05, 4.69) is 19.9 Å². The fourth-order valence-electron chi connectivity index (χ4n) is 4.03. The van der Waals surface area contributed by atoms with E-state index in [9.17, 15) is 14.4 Å². The summed E-state index contributed by atoms with van der Waals surface area (Å²) < 4.78 is 28.2. The molecule has 0 saturated carbocycles. The second kappa shape index (κ2) is 16.1. The lowest BCUT2D eigenvalue weighted by molar-refractivity contribution is -0.160. The monoisotopic (exact) mass is 596 g/mol. The lowest BCUT2D eigenvalue weighted by Gasteiger charge is -2.22. The Morgan fingerprint density at radius 2 is 1.19 bits per heavy atom. The minimum atomic E-state index is -0.663. The molecule has 0 unspecified atom stereocenters. The molecule has 8 nitrogen and oxygen atoms in total. The number of allylic oxidation sites excluding steroid dienone is 1. The number of carbonyl (C=O) groups excluding carboxylic acids is 3. The lowest BCUT2D eigenvalue weighted by atomic mass is 9.96. The van der Waals surface area contributed by atoms with Crippen LogP contribution >= 0.6 is 0 Å². The van der Waals surface area contributed by atoms with Crippen LogP contribution in [0, 0.1) is 10.8 Å². The van der Waals surface area contributed by atoms with Gasteiger partial charge < -0.3 is 23.7 Å². The van der Waals surface area contributed by atoms with E-state index in [-0.39, 0.29) is 31.3 Å². The Hall–Kier alpha value is -3.81. The van der Waals surface area contributed by atoms with Gasteiger partial charge in [0.25, 0.3) is 0 Å². The third kappa shape index (κ3) is 10.8. The van der Waals surface area contributed by atoms with Crippen LogP contribution in [0.3, 0.4) is 0 Å². The highest BCUT2D eigenvalue weighted by molar-refractivity contribution is 6.07. The van der Waals surface area contributed by atoms with E-state index < -0.39 is 10.8 Å². The first-order valence-electron chi connectivity index (χ1n) is 15.0. The van der Waals surface area contributed by atoms with E-state index in [0.717, 1.165) is 36.8 Å². The zero-order valence-electron chi connectivity index (χ0n) is 27.3. The van der Waals surface area contributed by atoms with E-state index in [4.69, 9.17) is 23.7 Å². The molecule has 0 saturated heterocycles. The molecule has 0 aliphatic rings. The first-order chi connectivity index (χ1) is 20.2. The number of carbonyl (C=O) groups is 3. The molecule has 0 bridgehead atoms. The highest BCUT2D eigenvalue weighted by atomic mass is 16.7. The Kier molecular flexibility index (Phi) is 13.3. The van der Waals surface area contributed by atoms with Crippen LogP contribution in [0.4, 0.5) is 0 Å². The van der Waals surface area contributed by atoms with Gasteiger partial charge in [-0.15, -0.1) is 0 Å². The standard InChI is InChI=1S/C35H48O8/c1-10-13-25-21-26(14-11-2)31(41-23-43-33(38)35(7,8)9)28(30(25)39-12-3)19-20-29(36)24-15-17-27(18-16-24)40-22-42-32(37)34(4,5)6/h15-21H,10-14,22-23H2,1-9H3/b20-19+. The second-order valence-corrected chi connectivity index (χ2v) is 12.3. The van der Waals surface area contributed by atoms with Gasteiger partial charge in [0.15, 0.2) is 5.78 Å². The van der Waals surface area contributed by atoms with Crippen molar-refractivity contribution in [3.8, 4) is 17.2 Å². The summed E-state index contributed by atoms with van der Waals surface area (Å²) >= 11 is 0. The lowest BCUT2D eigenvalue weighted by Crippen LogP contribution is -2.25. The van der Waals surface area contributed by atoms with E-state index in [1.165, 1.54) is 6.08 Å². The van der Waals surface area contributed by atoms with Crippen LogP contribution < -0.4 is 14.2 Å². The van der Waals surface area contributed by atoms with Gasteiger partial charge >= 0.3 is 11.9 Å². The molecule has 0 aliphatic heterocycles. The number of aryl methyl sites for hydroxylation is 2. The Morgan fingerprint density at radius 1 is 0.698 bits per heavy atom. The summed E-state index contributed by atoms with van der Waals surface area (Å²) in [5, 5.41) is 0. The first-order valence-corrected chi connectivity index (χ1v) is 15.0. The molecule has 0 fully saturated rings. The van der Waals surface area contributed by atoms with Crippen molar-refractivity contribution in [2.24, 2.45) is 10.8 Å². The van der Waals surface area contributed by atoms with E-state index in [1.54, 1.807) is 71.9 Å². The smallest absolute Gasteiger partial charge is 0.314 e. The second-order valence-electron chi connectivity index (χ2n) is 12.3. The summed E-state index contributed by atoms with van der Waals surface area (Å²) in [6.07, 6.45) is 6.53. The van der Waals surface area contributed by atoms with E-state index in [1.807, 2.05) is 6.92 Å². The molecule has 0 radical (unpaired) electrons. The average molecular weight is 597 g/mol. The minimum Gasteiger partial charge on any atom is -0.493 e. The summed E-state index contributed by atoms with van der Waals surface area (Å²) in [4.78, 5) is 37.5. The van der Waals surface area contributed by atoms with Gasteiger partial charge in [-0.05, 0) is 115 Å². The van der Waals surface area contributed by atoms with Crippen LogP contribution in [0.5, 0.6) is 17.2 Å². The molecule has 8 heteroatoms. The van der Waals surface area contributed by atoms with Crippen LogP contribution in [-0.2, 0) is 31.9 Å². The molecule has 2 aromatic rings. The largest absolute Gasteiger partial charge is 0.493 e. The van der Waals surface area contributed by atoms with E-state index >= 15 is 0 Å². The fourth-order valence-corrected chi connectivity index (χ4v) is 4.03. The summed E-state index contributed by atoms with van der Waals surface area (Å²) in [5.74, 6) is 0.693. The molecule has 0 aliphatic carbocycles. The highest BCUT2D eigenvalue weighted by Crippen LogP contribution is 2.39. The quantitative estimate of drug-likeness (QED) is 0.0891. The molecule has 2 rings (SSSR count). The molecule has 0 N–H and O–H groups in total. The highest BCUT2D eigenvalue weighted by Gasteiger charge is 2.25. The Labute approximate surface area is 256 Å². The van der Waals surface area contributed by atoms with Crippen molar-refractivity contribution in [2.75, 3.05) is 20.2 Å². The molecule has 43 heavy (non-hydrogen) atoms. The van der Waals surface area contributed by atoms with Gasteiger partial charge in [0.05, 0.1) is 23.0 Å². The van der Waals surface area contributed by atoms with Crippen molar-refractivity contribution in [3.63, 3.8) is 0 Å². The maximum Gasteiger partial charge on any atom is 0.314 e. The Bertz CT molecular complexity index is 1260. The molecule has 236 valence electrons. The molecule has 2 aromatic carbocycles. The number of hydrogen-bond donors (Lipinski definition) is 0. The van der Waals surface area contributed by atoms with Gasteiger partial charge in [-0.2, -0.15) is 0 Å². The van der Waals surface area contributed by atoms with Gasteiger partial charge in [0, 0.05) is 5.56 Å². The van der Waals surface area contributed by atoms with Crippen molar-refractivity contribution in [1.29, 1.82) is 0 Å². The van der Waals surface area contributed by atoms with Gasteiger partial charge in [-0.25, -0.2) is 0 Å². The maximum absolute atomic E-state index is 13.2. The van der Waals surface area contributed by atoms with Gasteiger partial charge in [0.2, 0.25) is 13.6 Å².